The van der Waals surface area contributed by atoms with Crippen LogP contribution >= 0.6 is 12.4 Å². The lowest BCUT2D eigenvalue weighted by atomic mass is 10.1. The number of carbonyl (C=O) groups is 2. The van der Waals surface area contributed by atoms with Gasteiger partial charge in [0.1, 0.15) is 5.82 Å². The molecule has 2 rings (SSSR count). The fraction of sp³-hybridized carbons (Fsp3) is 0.263. The quantitative estimate of drug-likeness (QED) is 0.758. The number of hydrogen-bond acceptors (Lipinski definition) is 3. The minimum atomic E-state index is -0.324. The third-order valence-electron chi connectivity index (χ3n) is 3.90. The Balaban J connectivity index is 0.00000338. The van der Waals surface area contributed by atoms with E-state index in [2.05, 4.69) is 5.32 Å². The highest BCUT2D eigenvalue weighted by Crippen LogP contribution is 2.15. The highest BCUT2D eigenvalue weighted by Gasteiger charge is 2.19. The molecule has 0 fully saturated rings. The van der Waals surface area contributed by atoms with E-state index in [0.29, 0.717) is 17.8 Å². The first-order valence-electron chi connectivity index (χ1n) is 8.07. The van der Waals surface area contributed by atoms with Gasteiger partial charge >= 0.3 is 0 Å². The zero-order valence-electron chi connectivity index (χ0n) is 14.8. The number of amides is 2. The number of anilines is 1. The zero-order chi connectivity index (χ0) is 18.4. The van der Waals surface area contributed by atoms with E-state index < -0.39 is 0 Å². The Labute approximate surface area is 158 Å². The van der Waals surface area contributed by atoms with E-state index in [1.54, 1.807) is 30.3 Å². The van der Waals surface area contributed by atoms with Crippen molar-refractivity contribution in [2.24, 2.45) is 0 Å². The molecule has 0 saturated heterocycles. The largest absolute Gasteiger partial charge is 0.399 e. The van der Waals surface area contributed by atoms with Crippen LogP contribution in [-0.2, 0) is 11.3 Å². The Morgan fingerprint density at radius 2 is 1.81 bits per heavy atom. The molecule has 26 heavy (non-hydrogen) atoms. The van der Waals surface area contributed by atoms with Crippen molar-refractivity contribution in [3.63, 3.8) is 0 Å². The van der Waals surface area contributed by atoms with Crippen LogP contribution in [0, 0.1) is 12.7 Å². The van der Waals surface area contributed by atoms with E-state index >= 15 is 0 Å². The molecule has 0 bridgehead atoms. The van der Waals surface area contributed by atoms with Gasteiger partial charge in [-0.05, 0) is 49.2 Å². The van der Waals surface area contributed by atoms with Crippen LogP contribution in [0.4, 0.5) is 10.1 Å². The van der Waals surface area contributed by atoms with E-state index in [4.69, 9.17) is 5.73 Å². The third kappa shape index (κ3) is 5.74. The van der Waals surface area contributed by atoms with E-state index in [-0.39, 0.29) is 43.1 Å². The number of nitrogens with two attached hydrogens (primary N) is 1. The molecule has 0 aromatic heterocycles. The summed E-state index contributed by atoms with van der Waals surface area (Å²) in [7, 11) is 0. The number of nitrogen functional groups attached to an aromatic ring is 1. The number of carbonyl (C=O) groups excluding carboxylic acids is 2. The highest BCUT2D eigenvalue weighted by atomic mass is 35.5. The lowest BCUT2D eigenvalue weighted by Crippen LogP contribution is -2.40. The average molecular weight is 380 g/mol. The van der Waals surface area contributed by atoms with Crippen LogP contribution in [0.25, 0.3) is 0 Å². The summed E-state index contributed by atoms with van der Waals surface area (Å²) in [5.74, 6) is -0.833. The number of nitrogens with zero attached hydrogens (tertiary/aromatic N) is 1. The summed E-state index contributed by atoms with van der Waals surface area (Å²) in [5, 5.41) is 2.74. The maximum Gasteiger partial charge on any atom is 0.254 e. The summed E-state index contributed by atoms with van der Waals surface area (Å²) >= 11 is 0. The maximum absolute atomic E-state index is 12.9. The van der Waals surface area contributed by atoms with Crippen molar-refractivity contribution in [3.8, 4) is 0 Å². The molecule has 2 amide bonds. The number of halogens is 2. The van der Waals surface area contributed by atoms with Crippen molar-refractivity contribution < 1.29 is 14.0 Å². The maximum atomic E-state index is 12.9. The van der Waals surface area contributed by atoms with Gasteiger partial charge < -0.3 is 16.0 Å². The lowest BCUT2D eigenvalue weighted by Gasteiger charge is -2.21. The average Bonchev–Trinajstić information content (AvgIpc) is 2.60. The molecule has 0 aliphatic carbocycles. The number of benzene rings is 2. The summed E-state index contributed by atoms with van der Waals surface area (Å²) in [6, 6.07) is 11.0. The highest BCUT2D eigenvalue weighted by molar-refractivity contribution is 5.98. The van der Waals surface area contributed by atoms with E-state index in [0.717, 1.165) is 11.1 Å². The second kappa shape index (κ2) is 9.77. The smallest absolute Gasteiger partial charge is 0.254 e. The first-order chi connectivity index (χ1) is 11.9. The van der Waals surface area contributed by atoms with E-state index in [9.17, 15) is 14.0 Å². The summed E-state index contributed by atoms with van der Waals surface area (Å²) in [5.41, 5.74) is 8.35. The number of hydrogen-bond donors (Lipinski definition) is 2. The van der Waals surface area contributed by atoms with E-state index in [1.807, 2.05) is 13.8 Å². The Morgan fingerprint density at radius 1 is 1.15 bits per heavy atom. The summed E-state index contributed by atoms with van der Waals surface area (Å²) in [4.78, 5) is 26.2. The fourth-order valence-electron chi connectivity index (χ4n) is 2.40. The molecule has 0 heterocycles. The first-order valence-corrected chi connectivity index (χ1v) is 8.07. The predicted molar refractivity (Wildman–Crippen MR) is 103 cm³/mol. The van der Waals surface area contributed by atoms with Crippen molar-refractivity contribution in [1.82, 2.24) is 10.2 Å². The molecular weight excluding hydrogens is 357 g/mol. The molecule has 3 N–H and O–H groups in total. The van der Waals surface area contributed by atoms with Gasteiger partial charge in [0.05, 0.1) is 6.54 Å². The van der Waals surface area contributed by atoms with Crippen LogP contribution in [0.15, 0.2) is 42.5 Å². The molecule has 2 aromatic rings. The van der Waals surface area contributed by atoms with Crippen molar-refractivity contribution in [3.05, 3.63) is 65.0 Å². The van der Waals surface area contributed by atoms with Gasteiger partial charge in [0.2, 0.25) is 5.91 Å². The van der Waals surface area contributed by atoms with Gasteiger partial charge in [0, 0.05) is 24.3 Å². The second-order valence-corrected chi connectivity index (χ2v) is 5.80. The Bertz CT molecular complexity index is 766. The van der Waals surface area contributed by atoms with Gasteiger partial charge in [0.15, 0.2) is 0 Å². The minimum absolute atomic E-state index is 0. The molecule has 0 spiro atoms. The van der Waals surface area contributed by atoms with Crippen LogP contribution in [0.5, 0.6) is 0 Å². The zero-order valence-corrected chi connectivity index (χ0v) is 15.6. The molecule has 0 aliphatic rings. The molecule has 0 aliphatic heterocycles. The Kier molecular flexibility index (Phi) is 8.06. The SMILES string of the molecule is CCN(CC(=O)NCc1ccc(F)cc1)C(=O)c1cc(N)ccc1C.Cl. The lowest BCUT2D eigenvalue weighted by molar-refractivity contribution is -0.121. The molecule has 5 nitrogen and oxygen atoms in total. The van der Waals surface area contributed by atoms with Gasteiger partial charge in [-0.3, -0.25) is 9.59 Å². The predicted octanol–water partition coefficient (Wildman–Crippen LogP) is 2.92. The molecular formula is C19H23ClFN3O2. The molecule has 0 saturated carbocycles. The van der Waals surface area contributed by atoms with Gasteiger partial charge in [-0.1, -0.05) is 18.2 Å². The van der Waals surface area contributed by atoms with Crippen molar-refractivity contribution in [2.75, 3.05) is 18.8 Å². The van der Waals surface area contributed by atoms with Crippen LogP contribution in [-0.4, -0.2) is 29.8 Å². The number of aryl methyl sites for hydroxylation is 1. The monoisotopic (exact) mass is 379 g/mol. The standard InChI is InChI=1S/C19H22FN3O2.ClH/c1-3-23(19(25)17-10-16(21)9-4-13(17)2)12-18(24)22-11-14-5-7-15(20)8-6-14;/h4-10H,3,11-12,21H2,1-2H3,(H,22,24);1H. The van der Waals surface area contributed by atoms with Gasteiger partial charge in [0.25, 0.3) is 5.91 Å². The molecule has 2 aromatic carbocycles. The second-order valence-electron chi connectivity index (χ2n) is 5.80. The van der Waals surface area contributed by atoms with Gasteiger partial charge in [-0.15, -0.1) is 12.4 Å². The molecule has 0 atom stereocenters. The van der Waals surface area contributed by atoms with Crippen molar-refractivity contribution in [1.29, 1.82) is 0 Å². The molecule has 0 unspecified atom stereocenters. The molecule has 0 radical (unpaired) electrons. The summed E-state index contributed by atoms with van der Waals surface area (Å²) in [6.45, 7) is 4.27. The summed E-state index contributed by atoms with van der Waals surface area (Å²) in [6.07, 6.45) is 0. The normalized spacial score (nSPS) is 9.96. The Hall–Kier alpha value is -2.60. The Morgan fingerprint density at radius 3 is 2.42 bits per heavy atom. The van der Waals surface area contributed by atoms with Crippen molar-refractivity contribution in [2.45, 2.75) is 20.4 Å². The number of rotatable bonds is 6. The van der Waals surface area contributed by atoms with Crippen LogP contribution in [0.2, 0.25) is 0 Å². The van der Waals surface area contributed by atoms with Crippen LogP contribution < -0.4 is 11.1 Å². The molecule has 140 valence electrons. The third-order valence-corrected chi connectivity index (χ3v) is 3.90. The topological polar surface area (TPSA) is 75.4 Å². The van der Waals surface area contributed by atoms with Gasteiger partial charge in [-0.25, -0.2) is 4.39 Å². The van der Waals surface area contributed by atoms with E-state index in [1.165, 1.54) is 17.0 Å². The van der Waals surface area contributed by atoms with Crippen LogP contribution in [0.1, 0.15) is 28.4 Å². The number of nitrogens with one attached hydrogen (secondary N) is 1. The number of likely N-dealkylation sites (N-methyl/N-ethyl adjacent to an activating group) is 1. The minimum Gasteiger partial charge on any atom is -0.399 e. The fourth-order valence-corrected chi connectivity index (χ4v) is 2.40. The van der Waals surface area contributed by atoms with Crippen molar-refractivity contribution >= 4 is 29.9 Å². The van der Waals surface area contributed by atoms with Gasteiger partial charge in [-0.2, -0.15) is 0 Å². The van der Waals surface area contributed by atoms with Crippen LogP contribution in [0.3, 0.4) is 0 Å². The molecule has 7 heteroatoms. The first kappa shape index (κ1) is 21.4. The summed E-state index contributed by atoms with van der Waals surface area (Å²) < 4.78 is 12.9.